The van der Waals surface area contributed by atoms with Crippen LogP contribution in [0.15, 0.2) is 42.5 Å². The molecule has 1 atom stereocenters. The van der Waals surface area contributed by atoms with E-state index in [-0.39, 0.29) is 12.1 Å². The number of hydrogen-bond acceptors (Lipinski definition) is 2. The predicted molar refractivity (Wildman–Crippen MR) is 95.4 cm³/mol. The molecule has 0 fully saturated rings. The SMILES string of the molecule is Cc1cc(C)cc(C[C@H](CC(=O)O)C(=O)Nc2cccc(C(F)(F)F)c2)c1. The number of aliphatic carboxylic acids is 1. The number of hydrogen-bond donors (Lipinski definition) is 2. The number of amides is 1. The second-order valence-electron chi connectivity index (χ2n) is 6.56. The van der Waals surface area contributed by atoms with Crippen molar-refractivity contribution in [3.63, 3.8) is 0 Å². The Kier molecular flexibility index (Phi) is 6.25. The van der Waals surface area contributed by atoms with Gasteiger partial charge in [-0.3, -0.25) is 9.59 Å². The first-order valence-electron chi connectivity index (χ1n) is 8.31. The van der Waals surface area contributed by atoms with Crippen LogP contribution in [0.3, 0.4) is 0 Å². The minimum Gasteiger partial charge on any atom is -0.481 e. The van der Waals surface area contributed by atoms with Crippen LogP contribution in [0.4, 0.5) is 18.9 Å². The second kappa shape index (κ2) is 8.24. The zero-order valence-corrected chi connectivity index (χ0v) is 14.9. The third kappa shape index (κ3) is 6.13. The lowest BCUT2D eigenvalue weighted by molar-refractivity contribution is -0.140. The number of aryl methyl sites for hydroxylation is 2. The van der Waals surface area contributed by atoms with Crippen LogP contribution in [0.25, 0.3) is 0 Å². The largest absolute Gasteiger partial charge is 0.481 e. The van der Waals surface area contributed by atoms with Gasteiger partial charge >= 0.3 is 12.1 Å². The van der Waals surface area contributed by atoms with Crippen LogP contribution in [0.1, 0.15) is 28.7 Å². The Labute approximate surface area is 155 Å². The molecular weight excluding hydrogens is 359 g/mol. The second-order valence-corrected chi connectivity index (χ2v) is 6.56. The smallest absolute Gasteiger partial charge is 0.416 e. The summed E-state index contributed by atoms with van der Waals surface area (Å²) in [6, 6.07) is 9.93. The van der Waals surface area contributed by atoms with Crippen molar-refractivity contribution in [1.82, 2.24) is 0 Å². The molecule has 144 valence electrons. The zero-order valence-electron chi connectivity index (χ0n) is 14.9. The summed E-state index contributed by atoms with van der Waals surface area (Å²) in [5.41, 5.74) is 1.86. The van der Waals surface area contributed by atoms with Gasteiger partial charge in [0, 0.05) is 5.69 Å². The quantitative estimate of drug-likeness (QED) is 0.771. The van der Waals surface area contributed by atoms with Crippen molar-refractivity contribution in [2.45, 2.75) is 32.9 Å². The molecule has 0 bridgehead atoms. The molecule has 0 aliphatic heterocycles. The Balaban J connectivity index is 2.21. The first kappa shape index (κ1) is 20.5. The molecule has 0 unspecified atom stereocenters. The molecular formula is C20H20F3NO3. The van der Waals surface area contributed by atoms with Gasteiger partial charge in [-0.05, 0) is 44.0 Å². The number of carboxylic acid groups (broad SMARTS) is 1. The lowest BCUT2D eigenvalue weighted by Gasteiger charge is -2.17. The average molecular weight is 379 g/mol. The van der Waals surface area contributed by atoms with Crippen LogP contribution in [-0.4, -0.2) is 17.0 Å². The van der Waals surface area contributed by atoms with Gasteiger partial charge < -0.3 is 10.4 Å². The first-order chi connectivity index (χ1) is 12.5. The molecule has 0 radical (unpaired) electrons. The van der Waals surface area contributed by atoms with Crippen molar-refractivity contribution in [3.05, 3.63) is 64.7 Å². The Morgan fingerprint density at radius 1 is 1.07 bits per heavy atom. The number of carboxylic acids is 1. The van der Waals surface area contributed by atoms with Gasteiger partial charge in [-0.2, -0.15) is 13.2 Å². The molecule has 2 aromatic carbocycles. The molecule has 27 heavy (non-hydrogen) atoms. The molecule has 7 heteroatoms. The van der Waals surface area contributed by atoms with Crippen LogP contribution in [0, 0.1) is 19.8 Å². The molecule has 0 saturated heterocycles. The minimum absolute atomic E-state index is 0.0226. The Morgan fingerprint density at radius 2 is 1.70 bits per heavy atom. The predicted octanol–water partition coefficient (Wildman–Crippen LogP) is 4.59. The fourth-order valence-electron chi connectivity index (χ4n) is 2.96. The third-order valence-electron chi connectivity index (χ3n) is 4.01. The van der Waals surface area contributed by atoms with Crippen molar-refractivity contribution < 1.29 is 27.9 Å². The molecule has 0 aliphatic rings. The van der Waals surface area contributed by atoms with Gasteiger partial charge in [0.05, 0.1) is 17.9 Å². The first-order valence-corrected chi connectivity index (χ1v) is 8.31. The summed E-state index contributed by atoms with van der Waals surface area (Å²) in [7, 11) is 0. The molecule has 2 aromatic rings. The average Bonchev–Trinajstić information content (AvgIpc) is 2.52. The molecule has 2 N–H and O–H groups in total. The highest BCUT2D eigenvalue weighted by molar-refractivity contribution is 5.94. The maximum atomic E-state index is 12.8. The molecule has 2 rings (SSSR count). The van der Waals surface area contributed by atoms with Gasteiger partial charge in [0.2, 0.25) is 5.91 Å². The highest BCUT2D eigenvalue weighted by Gasteiger charge is 2.31. The van der Waals surface area contributed by atoms with Crippen molar-refractivity contribution in [2.75, 3.05) is 5.32 Å². The highest BCUT2D eigenvalue weighted by atomic mass is 19.4. The fraction of sp³-hybridized carbons (Fsp3) is 0.300. The van der Waals surface area contributed by atoms with E-state index < -0.39 is 36.0 Å². The van der Waals surface area contributed by atoms with Crippen molar-refractivity contribution in [2.24, 2.45) is 5.92 Å². The fourth-order valence-corrected chi connectivity index (χ4v) is 2.96. The van der Waals surface area contributed by atoms with E-state index in [1.54, 1.807) is 0 Å². The summed E-state index contributed by atoms with van der Waals surface area (Å²) in [5.74, 6) is -2.68. The molecule has 4 nitrogen and oxygen atoms in total. The van der Waals surface area contributed by atoms with Crippen LogP contribution < -0.4 is 5.32 Å². The molecule has 1 amide bonds. The summed E-state index contributed by atoms with van der Waals surface area (Å²) in [6.07, 6.45) is -4.77. The Morgan fingerprint density at radius 3 is 2.26 bits per heavy atom. The van der Waals surface area contributed by atoms with Crippen molar-refractivity contribution in [3.8, 4) is 0 Å². The van der Waals surface area contributed by atoms with Crippen molar-refractivity contribution >= 4 is 17.6 Å². The monoisotopic (exact) mass is 379 g/mol. The molecule has 0 spiro atoms. The van der Waals surface area contributed by atoms with E-state index in [9.17, 15) is 22.8 Å². The number of carbonyl (C=O) groups excluding carboxylic acids is 1. The summed E-state index contributed by atoms with van der Waals surface area (Å²) < 4.78 is 38.4. The third-order valence-corrected chi connectivity index (χ3v) is 4.01. The zero-order chi connectivity index (χ0) is 20.2. The molecule has 0 aliphatic carbocycles. The lowest BCUT2D eigenvalue weighted by atomic mass is 9.93. The topological polar surface area (TPSA) is 66.4 Å². The Hall–Kier alpha value is -2.83. The van der Waals surface area contributed by atoms with E-state index in [0.717, 1.165) is 28.8 Å². The van der Waals surface area contributed by atoms with E-state index in [2.05, 4.69) is 5.32 Å². The van der Waals surface area contributed by atoms with Crippen molar-refractivity contribution in [1.29, 1.82) is 0 Å². The van der Waals surface area contributed by atoms with E-state index >= 15 is 0 Å². The highest BCUT2D eigenvalue weighted by Crippen LogP contribution is 2.31. The summed E-state index contributed by atoms with van der Waals surface area (Å²) in [5, 5.41) is 11.5. The van der Waals surface area contributed by atoms with Crippen LogP contribution >= 0.6 is 0 Å². The number of benzene rings is 2. The van der Waals surface area contributed by atoms with Gasteiger partial charge in [-0.25, -0.2) is 0 Å². The number of carbonyl (C=O) groups is 2. The molecule has 0 heterocycles. The number of nitrogens with one attached hydrogen (secondary N) is 1. The van der Waals surface area contributed by atoms with Gasteiger partial charge in [-0.15, -0.1) is 0 Å². The van der Waals surface area contributed by atoms with Crippen LogP contribution in [-0.2, 0) is 22.2 Å². The summed E-state index contributed by atoms with van der Waals surface area (Å²) >= 11 is 0. The van der Waals surface area contributed by atoms with E-state index in [4.69, 9.17) is 5.11 Å². The molecule has 0 saturated carbocycles. The molecule has 0 aromatic heterocycles. The normalized spacial score (nSPS) is 12.5. The van der Waals surface area contributed by atoms with E-state index in [1.807, 2.05) is 32.0 Å². The van der Waals surface area contributed by atoms with E-state index in [0.29, 0.717) is 0 Å². The maximum Gasteiger partial charge on any atom is 0.416 e. The van der Waals surface area contributed by atoms with Gasteiger partial charge in [0.1, 0.15) is 0 Å². The van der Waals surface area contributed by atoms with Gasteiger partial charge in [0.25, 0.3) is 0 Å². The Bertz CT molecular complexity index is 826. The summed E-state index contributed by atoms with van der Waals surface area (Å²) in [4.78, 5) is 23.7. The minimum atomic E-state index is -4.53. The van der Waals surface area contributed by atoms with Crippen LogP contribution in [0.5, 0.6) is 0 Å². The van der Waals surface area contributed by atoms with E-state index in [1.165, 1.54) is 12.1 Å². The number of alkyl halides is 3. The number of anilines is 1. The van der Waals surface area contributed by atoms with Crippen LogP contribution in [0.2, 0.25) is 0 Å². The lowest BCUT2D eigenvalue weighted by Crippen LogP contribution is -2.27. The number of rotatable bonds is 6. The summed E-state index contributed by atoms with van der Waals surface area (Å²) in [6.45, 7) is 3.79. The van der Waals surface area contributed by atoms with Gasteiger partial charge in [0.15, 0.2) is 0 Å². The standard InChI is InChI=1S/C20H20F3NO3/c1-12-6-13(2)8-14(7-12)9-15(10-18(25)26)19(27)24-17-5-3-4-16(11-17)20(21,22)23/h3-8,11,15H,9-10H2,1-2H3,(H,24,27)(H,25,26)/t15-/m1/s1. The number of halogens is 3. The maximum absolute atomic E-state index is 12.8. The van der Waals surface area contributed by atoms with Gasteiger partial charge in [-0.1, -0.05) is 35.4 Å².